The van der Waals surface area contributed by atoms with E-state index in [-0.39, 0.29) is 0 Å². The third kappa shape index (κ3) is 2.09. The number of aromatic nitrogens is 3. The lowest BCUT2D eigenvalue weighted by Crippen LogP contribution is -2.39. The Morgan fingerprint density at radius 1 is 1.39 bits per heavy atom. The van der Waals surface area contributed by atoms with Gasteiger partial charge in [-0.3, -0.25) is 4.57 Å². The first-order chi connectivity index (χ1) is 8.63. The van der Waals surface area contributed by atoms with Gasteiger partial charge >= 0.3 is 0 Å². The lowest BCUT2D eigenvalue weighted by molar-refractivity contribution is 0.236. The standard InChI is InChI=1S/C13H22N4S/c1-3-13(2)6-8-16(9-7-13)11-14-15-12(18)17(11)10-4-5-10/h10H,3-9H2,1-2H3,(H,15,18). The van der Waals surface area contributed by atoms with Gasteiger partial charge in [-0.15, -0.1) is 5.10 Å². The number of nitrogens with zero attached hydrogens (tertiary/aromatic N) is 3. The van der Waals surface area contributed by atoms with Crippen LogP contribution in [0.1, 0.15) is 52.0 Å². The Balaban J connectivity index is 1.79. The third-order valence-corrected chi connectivity index (χ3v) is 4.99. The van der Waals surface area contributed by atoms with Gasteiger partial charge in [-0.05, 0) is 43.3 Å². The van der Waals surface area contributed by atoms with E-state index in [1.54, 1.807) is 0 Å². The van der Waals surface area contributed by atoms with Crippen LogP contribution in [0.15, 0.2) is 0 Å². The minimum absolute atomic E-state index is 0.522. The molecule has 100 valence electrons. The average Bonchev–Trinajstić information content (AvgIpc) is 3.14. The fraction of sp³-hybridized carbons (Fsp3) is 0.846. The maximum atomic E-state index is 5.34. The zero-order chi connectivity index (χ0) is 12.8. The van der Waals surface area contributed by atoms with E-state index in [9.17, 15) is 0 Å². The molecule has 18 heavy (non-hydrogen) atoms. The van der Waals surface area contributed by atoms with Crippen molar-refractivity contribution in [1.82, 2.24) is 14.8 Å². The first-order valence-electron chi connectivity index (χ1n) is 7.05. The molecule has 3 rings (SSSR count). The average molecular weight is 266 g/mol. The quantitative estimate of drug-likeness (QED) is 0.853. The molecule has 0 aromatic carbocycles. The summed E-state index contributed by atoms with van der Waals surface area (Å²) in [6.45, 7) is 6.92. The number of rotatable bonds is 3. The fourth-order valence-electron chi connectivity index (χ4n) is 2.78. The molecule has 0 atom stereocenters. The molecule has 2 fully saturated rings. The van der Waals surface area contributed by atoms with Crippen molar-refractivity contribution in [3.63, 3.8) is 0 Å². The minimum atomic E-state index is 0.522. The Bertz CT molecular complexity index is 477. The molecule has 1 aliphatic carbocycles. The van der Waals surface area contributed by atoms with E-state index in [4.69, 9.17) is 12.2 Å². The van der Waals surface area contributed by atoms with E-state index in [0.29, 0.717) is 11.5 Å². The molecule has 1 saturated carbocycles. The number of aromatic amines is 1. The number of hydrogen-bond donors (Lipinski definition) is 1. The van der Waals surface area contributed by atoms with E-state index in [0.717, 1.165) is 23.8 Å². The second-order valence-electron chi connectivity index (χ2n) is 6.08. The van der Waals surface area contributed by atoms with Crippen LogP contribution in [0.4, 0.5) is 5.95 Å². The molecule has 1 aromatic rings. The Labute approximate surface area is 113 Å². The molecule has 2 aliphatic rings. The van der Waals surface area contributed by atoms with Gasteiger partial charge in [0.25, 0.3) is 0 Å². The minimum Gasteiger partial charge on any atom is -0.341 e. The van der Waals surface area contributed by atoms with Crippen molar-refractivity contribution in [3.05, 3.63) is 4.77 Å². The third-order valence-electron chi connectivity index (χ3n) is 4.70. The van der Waals surface area contributed by atoms with Gasteiger partial charge in [0.2, 0.25) is 5.95 Å². The number of piperidine rings is 1. The van der Waals surface area contributed by atoms with Crippen molar-refractivity contribution in [2.45, 2.75) is 52.0 Å². The zero-order valence-corrected chi connectivity index (χ0v) is 12.1. The lowest BCUT2D eigenvalue weighted by Gasteiger charge is -2.39. The first-order valence-corrected chi connectivity index (χ1v) is 7.46. The second kappa shape index (κ2) is 4.37. The maximum absolute atomic E-state index is 5.34. The molecule has 2 heterocycles. The molecule has 1 aliphatic heterocycles. The maximum Gasteiger partial charge on any atom is 0.225 e. The highest BCUT2D eigenvalue weighted by Gasteiger charge is 2.33. The van der Waals surface area contributed by atoms with E-state index >= 15 is 0 Å². The van der Waals surface area contributed by atoms with Crippen molar-refractivity contribution in [1.29, 1.82) is 0 Å². The van der Waals surface area contributed by atoms with Gasteiger partial charge in [-0.25, -0.2) is 5.10 Å². The Morgan fingerprint density at radius 3 is 2.61 bits per heavy atom. The van der Waals surface area contributed by atoms with Crippen LogP contribution in [-0.4, -0.2) is 27.9 Å². The zero-order valence-electron chi connectivity index (χ0n) is 11.3. The highest BCUT2D eigenvalue weighted by Crippen LogP contribution is 2.40. The van der Waals surface area contributed by atoms with E-state index in [1.807, 2.05) is 0 Å². The van der Waals surface area contributed by atoms with E-state index < -0.39 is 0 Å². The Morgan fingerprint density at radius 2 is 2.06 bits per heavy atom. The summed E-state index contributed by atoms with van der Waals surface area (Å²) in [5.74, 6) is 1.07. The predicted octanol–water partition coefficient (Wildman–Crippen LogP) is 3.29. The number of hydrogen-bond acceptors (Lipinski definition) is 3. The van der Waals surface area contributed by atoms with Crippen molar-refractivity contribution < 1.29 is 0 Å². The lowest BCUT2D eigenvalue weighted by atomic mass is 9.78. The largest absolute Gasteiger partial charge is 0.341 e. The Kier molecular flexibility index (Phi) is 2.96. The summed E-state index contributed by atoms with van der Waals surface area (Å²) >= 11 is 5.34. The highest BCUT2D eigenvalue weighted by atomic mass is 32.1. The molecule has 5 heteroatoms. The summed E-state index contributed by atoms with van der Waals surface area (Å²) in [6, 6.07) is 0.603. The van der Waals surface area contributed by atoms with Crippen molar-refractivity contribution in [3.8, 4) is 0 Å². The van der Waals surface area contributed by atoms with Gasteiger partial charge in [0.15, 0.2) is 4.77 Å². The van der Waals surface area contributed by atoms with Gasteiger partial charge in [0.1, 0.15) is 0 Å². The van der Waals surface area contributed by atoms with Crippen LogP contribution in [-0.2, 0) is 0 Å². The van der Waals surface area contributed by atoms with Gasteiger partial charge in [-0.1, -0.05) is 20.3 Å². The second-order valence-corrected chi connectivity index (χ2v) is 6.47. The molecule has 1 N–H and O–H groups in total. The van der Waals surface area contributed by atoms with Gasteiger partial charge in [-0.2, -0.15) is 0 Å². The van der Waals surface area contributed by atoms with E-state index in [2.05, 4.69) is 33.5 Å². The molecule has 0 unspecified atom stereocenters. The van der Waals surface area contributed by atoms with Gasteiger partial charge in [0, 0.05) is 19.1 Å². The summed E-state index contributed by atoms with van der Waals surface area (Å²) in [7, 11) is 0. The monoisotopic (exact) mass is 266 g/mol. The van der Waals surface area contributed by atoms with Gasteiger partial charge < -0.3 is 4.90 Å². The highest BCUT2D eigenvalue weighted by molar-refractivity contribution is 7.71. The normalized spacial score (nSPS) is 23.3. The molecule has 1 aromatic heterocycles. The van der Waals surface area contributed by atoms with Crippen LogP contribution in [0.2, 0.25) is 0 Å². The van der Waals surface area contributed by atoms with E-state index in [1.165, 1.54) is 32.1 Å². The SMILES string of the molecule is CCC1(C)CCN(c2n[nH]c(=S)n2C2CC2)CC1. The number of anilines is 1. The summed E-state index contributed by atoms with van der Waals surface area (Å²) in [5, 5.41) is 7.41. The summed E-state index contributed by atoms with van der Waals surface area (Å²) in [4.78, 5) is 2.40. The van der Waals surface area contributed by atoms with Crippen LogP contribution in [0.5, 0.6) is 0 Å². The summed E-state index contributed by atoms with van der Waals surface area (Å²) < 4.78 is 3.01. The molecular formula is C13H22N4S. The molecule has 0 amide bonds. The molecule has 4 nitrogen and oxygen atoms in total. The molecule has 0 spiro atoms. The number of H-pyrrole nitrogens is 1. The van der Waals surface area contributed by atoms with Crippen LogP contribution in [0.3, 0.4) is 0 Å². The topological polar surface area (TPSA) is 36.9 Å². The number of nitrogens with one attached hydrogen (secondary N) is 1. The smallest absolute Gasteiger partial charge is 0.225 e. The van der Waals surface area contributed by atoms with Crippen molar-refractivity contribution >= 4 is 18.2 Å². The molecule has 0 bridgehead atoms. The van der Waals surface area contributed by atoms with Crippen LogP contribution >= 0.6 is 12.2 Å². The van der Waals surface area contributed by atoms with Crippen LogP contribution in [0, 0.1) is 10.2 Å². The fourth-order valence-corrected chi connectivity index (χ4v) is 3.06. The van der Waals surface area contributed by atoms with Crippen molar-refractivity contribution in [2.24, 2.45) is 5.41 Å². The van der Waals surface area contributed by atoms with Gasteiger partial charge in [0.05, 0.1) is 0 Å². The van der Waals surface area contributed by atoms with Crippen molar-refractivity contribution in [2.75, 3.05) is 18.0 Å². The summed E-state index contributed by atoms with van der Waals surface area (Å²) in [6.07, 6.45) is 6.29. The molecule has 0 radical (unpaired) electrons. The summed E-state index contributed by atoms with van der Waals surface area (Å²) in [5.41, 5.74) is 0.522. The molecular weight excluding hydrogens is 244 g/mol. The van der Waals surface area contributed by atoms with Crippen LogP contribution in [0.25, 0.3) is 0 Å². The predicted molar refractivity (Wildman–Crippen MR) is 75.5 cm³/mol. The Hall–Kier alpha value is -0.840. The van der Waals surface area contributed by atoms with Crippen LogP contribution < -0.4 is 4.90 Å². The first kappa shape index (κ1) is 12.2. The molecule has 1 saturated heterocycles.